The highest BCUT2D eigenvalue weighted by Gasteiger charge is 2.18. The van der Waals surface area contributed by atoms with E-state index in [0.29, 0.717) is 29.4 Å². The topological polar surface area (TPSA) is 66.6 Å². The minimum atomic E-state index is -0.189. The first-order valence-electron chi connectivity index (χ1n) is 9.59. The van der Waals surface area contributed by atoms with Crippen molar-refractivity contribution in [2.45, 2.75) is 25.4 Å². The molecule has 0 bridgehead atoms. The van der Waals surface area contributed by atoms with Gasteiger partial charge in [0.15, 0.2) is 0 Å². The number of hydrogen-bond acceptors (Lipinski definition) is 5. The van der Waals surface area contributed by atoms with Gasteiger partial charge in [-0.15, -0.1) is 0 Å². The van der Waals surface area contributed by atoms with Gasteiger partial charge in [-0.05, 0) is 49.7 Å². The summed E-state index contributed by atoms with van der Waals surface area (Å²) in [5.41, 5.74) is 1.45. The number of nitrogens with one attached hydrogen (secondary N) is 2. The van der Waals surface area contributed by atoms with Gasteiger partial charge in [0.05, 0.1) is 5.56 Å². The third-order valence-electron chi connectivity index (χ3n) is 4.94. The highest BCUT2D eigenvalue weighted by atomic mass is 32.1. The third-order valence-corrected chi connectivity index (χ3v) is 5.28. The summed E-state index contributed by atoms with van der Waals surface area (Å²) in [7, 11) is 2.14. The monoisotopic (exact) mass is 401 g/mol. The molecule has 1 saturated heterocycles. The van der Waals surface area contributed by atoms with Gasteiger partial charge in [0.25, 0.3) is 5.91 Å². The van der Waals surface area contributed by atoms with E-state index < -0.39 is 0 Å². The molecule has 6 nitrogen and oxygen atoms in total. The predicted octanol–water partition coefficient (Wildman–Crippen LogP) is 3.16. The Labute approximate surface area is 170 Å². The Balaban J connectivity index is 1.46. The summed E-state index contributed by atoms with van der Waals surface area (Å²) in [6.45, 7) is 3.61. The normalized spacial score (nSPS) is 14.8. The summed E-state index contributed by atoms with van der Waals surface area (Å²) in [5, 5.41) is 2.90. The fraction of sp³-hybridized carbons (Fsp3) is 0.429. The molecule has 2 heterocycles. The first-order valence-corrected chi connectivity index (χ1v) is 10.00. The van der Waals surface area contributed by atoms with E-state index in [1.807, 2.05) is 24.3 Å². The lowest BCUT2D eigenvalue weighted by Gasteiger charge is -2.31. The number of H-pyrrole nitrogens is 1. The van der Waals surface area contributed by atoms with Crippen molar-refractivity contribution in [3.05, 3.63) is 58.4 Å². The molecule has 1 aliphatic rings. The molecule has 0 spiro atoms. The molecule has 0 saturated carbocycles. The maximum atomic E-state index is 12.3. The largest absolute Gasteiger partial charge is 0.492 e. The molecule has 1 fully saturated rings. The molecule has 0 unspecified atom stereocenters. The van der Waals surface area contributed by atoms with Crippen molar-refractivity contribution >= 4 is 18.1 Å². The van der Waals surface area contributed by atoms with Crippen LogP contribution in [0.3, 0.4) is 0 Å². The Morgan fingerprint density at radius 3 is 2.93 bits per heavy atom. The number of carbonyl (C=O) groups is 1. The van der Waals surface area contributed by atoms with Crippen LogP contribution in [0.5, 0.6) is 5.75 Å². The Morgan fingerprint density at radius 1 is 1.32 bits per heavy atom. The van der Waals surface area contributed by atoms with Crippen molar-refractivity contribution in [3.8, 4) is 5.75 Å². The smallest absolute Gasteiger partial charge is 0.254 e. The van der Waals surface area contributed by atoms with Gasteiger partial charge < -0.3 is 19.8 Å². The number of carbonyl (C=O) groups excluding carboxylic acids is 1. The lowest BCUT2D eigenvalue weighted by Crippen LogP contribution is -2.38. The molecule has 0 radical (unpaired) electrons. The molecule has 0 aliphatic carbocycles. The van der Waals surface area contributed by atoms with E-state index in [-0.39, 0.29) is 5.91 Å². The minimum absolute atomic E-state index is 0.189. The zero-order chi connectivity index (χ0) is 19.8. The second-order valence-electron chi connectivity index (χ2n) is 6.92. The number of aromatic nitrogens is 1. The van der Waals surface area contributed by atoms with Crippen molar-refractivity contribution in [1.29, 1.82) is 0 Å². The Morgan fingerprint density at radius 2 is 2.14 bits per heavy atom. The Bertz CT molecular complexity index is 833. The van der Waals surface area contributed by atoms with Crippen LogP contribution in [0.25, 0.3) is 0 Å². The second kappa shape index (κ2) is 10.4. The van der Waals surface area contributed by atoms with Gasteiger partial charge in [-0.2, -0.15) is 0 Å². The highest BCUT2D eigenvalue weighted by Crippen LogP contribution is 2.15. The van der Waals surface area contributed by atoms with Gasteiger partial charge in [0, 0.05) is 38.5 Å². The number of hydrogen-bond donors (Lipinski definition) is 2. The quantitative estimate of drug-likeness (QED) is 0.665. The van der Waals surface area contributed by atoms with Crippen LogP contribution in [-0.2, 0) is 11.3 Å². The highest BCUT2D eigenvalue weighted by molar-refractivity contribution is 7.71. The fourth-order valence-corrected chi connectivity index (χ4v) is 3.47. The average Bonchev–Trinajstić information content (AvgIpc) is 2.73. The third kappa shape index (κ3) is 5.89. The summed E-state index contributed by atoms with van der Waals surface area (Å²) in [5.74, 6) is 0.621. The van der Waals surface area contributed by atoms with Crippen LogP contribution >= 0.6 is 12.2 Å². The molecule has 2 N–H and O–H groups in total. The van der Waals surface area contributed by atoms with E-state index in [4.69, 9.17) is 21.7 Å². The molecular weight excluding hydrogens is 374 g/mol. The molecule has 0 atom stereocenters. The summed E-state index contributed by atoms with van der Waals surface area (Å²) in [6, 6.07) is 11.8. The molecule has 1 aromatic heterocycles. The number of aromatic amines is 1. The molecule has 1 aliphatic heterocycles. The maximum Gasteiger partial charge on any atom is 0.254 e. The maximum absolute atomic E-state index is 12.3. The first-order chi connectivity index (χ1) is 13.6. The Hall–Kier alpha value is -2.22. The lowest BCUT2D eigenvalue weighted by molar-refractivity contribution is 0.0392. The average molecular weight is 402 g/mol. The van der Waals surface area contributed by atoms with Crippen LogP contribution in [0.4, 0.5) is 0 Å². The van der Waals surface area contributed by atoms with Gasteiger partial charge in [-0.25, -0.2) is 0 Å². The van der Waals surface area contributed by atoms with Crippen molar-refractivity contribution in [1.82, 2.24) is 15.2 Å². The van der Waals surface area contributed by atoms with Gasteiger partial charge in [0.2, 0.25) is 0 Å². The van der Waals surface area contributed by atoms with E-state index in [9.17, 15) is 4.79 Å². The van der Waals surface area contributed by atoms with Gasteiger partial charge >= 0.3 is 0 Å². The van der Waals surface area contributed by atoms with E-state index >= 15 is 0 Å². The fourth-order valence-electron chi connectivity index (χ4n) is 3.24. The number of likely N-dealkylation sites (N-methyl/N-ethyl adjacent to an activating group) is 1. The summed E-state index contributed by atoms with van der Waals surface area (Å²) >= 11 is 5.15. The van der Waals surface area contributed by atoms with Crippen LogP contribution in [0.1, 0.15) is 28.8 Å². The minimum Gasteiger partial charge on any atom is -0.492 e. The summed E-state index contributed by atoms with van der Waals surface area (Å²) in [4.78, 5) is 17.5. The molecule has 1 aromatic carbocycles. The molecule has 2 aromatic rings. The Kier molecular flexibility index (Phi) is 7.59. The van der Waals surface area contributed by atoms with E-state index in [1.165, 1.54) is 0 Å². The van der Waals surface area contributed by atoms with Crippen LogP contribution in [0.2, 0.25) is 0 Å². The van der Waals surface area contributed by atoms with E-state index in [0.717, 1.165) is 43.9 Å². The summed E-state index contributed by atoms with van der Waals surface area (Å²) < 4.78 is 11.8. The number of nitrogens with zero attached hydrogens (tertiary/aromatic N) is 1. The predicted molar refractivity (Wildman–Crippen MR) is 111 cm³/mol. The number of amides is 1. The van der Waals surface area contributed by atoms with Gasteiger partial charge in [0.1, 0.15) is 17.0 Å². The number of pyridine rings is 1. The van der Waals surface area contributed by atoms with Crippen molar-refractivity contribution in [2.24, 2.45) is 0 Å². The van der Waals surface area contributed by atoms with Crippen LogP contribution in [0.15, 0.2) is 42.6 Å². The zero-order valence-electron chi connectivity index (χ0n) is 16.1. The number of rotatable bonds is 8. The molecule has 3 rings (SSSR count). The van der Waals surface area contributed by atoms with Gasteiger partial charge in [-0.1, -0.05) is 24.4 Å². The van der Waals surface area contributed by atoms with Crippen LogP contribution in [0, 0.1) is 4.64 Å². The molecular formula is C21H27N3O3S. The van der Waals surface area contributed by atoms with Crippen molar-refractivity contribution in [2.75, 3.05) is 33.4 Å². The molecule has 150 valence electrons. The second-order valence-corrected chi connectivity index (χ2v) is 7.32. The van der Waals surface area contributed by atoms with Crippen molar-refractivity contribution < 1.29 is 14.3 Å². The SMILES string of the molecule is CN(CCOc1cccc(CNC(=O)c2ccc[nH]c2=S)c1)C1CCOCC1. The summed E-state index contributed by atoms with van der Waals surface area (Å²) in [6.07, 6.45) is 3.87. The van der Waals surface area contributed by atoms with Crippen LogP contribution < -0.4 is 10.1 Å². The first kappa shape index (κ1) is 20.5. The van der Waals surface area contributed by atoms with E-state index in [1.54, 1.807) is 18.3 Å². The molecule has 7 heteroatoms. The van der Waals surface area contributed by atoms with E-state index in [2.05, 4.69) is 22.2 Å². The van der Waals surface area contributed by atoms with Crippen molar-refractivity contribution in [3.63, 3.8) is 0 Å². The standard InChI is InChI=1S/C21H27N3O3S/c1-24(17-7-11-26-12-8-17)10-13-27-18-5-2-4-16(14-18)15-23-20(25)19-6-3-9-22-21(19)28/h2-6,9,14,17H,7-8,10-13,15H2,1H3,(H,22,28)(H,23,25). The number of benzene rings is 1. The molecule has 1 amide bonds. The number of ether oxygens (including phenoxy) is 2. The zero-order valence-corrected chi connectivity index (χ0v) is 17.0. The molecule has 28 heavy (non-hydrogen) atoms. The van der Waals surface area contributed by atoms with Gasteiger partial charge in [-0.3, -0.25) is 9.69 Å². The van der Waals surface area contributed by atoms with Crippen LogP contribution in [-0.4, -0.2) is 55.2 Å². The lowest BCUT2D eigenvalue weighted by atomic mass is 10.1.